The highest BCUT2D eigenvalue weighted by Crippen LogP contribution is 2.41. The van der Waals surface area contributed by atoms with Gasteiger partial charge >= 0.3 is 0 Å². The van der Waals surface area contributed by atoms with Crippen LogP contribution in [0, 0.1) is 5.92 Å². The predicted octanol–water partition coefficient (Wildman–Crippen LogP) is 5.11. The number of carbonyl (C=O) groups excluding carboxylic acids is 1. The third-order valence-electron chi connectivity index (χ3n) is 3.21. The fraction of sp³-hybridized carbons (Fsp3) is 0.462. The van der Waals surface area contributed by atoms with Crippen LogP contribution in [-0.4, -0.2) is 11.7 Å². The first-order valence-corrected chi connectivity index (χ1v) is 6.90. The van der Waals surface area contributed by atoms with Crippen LogP contribution in [0.15, 0.2) is 22.7 Å². The Morgan fingerprint density at radius 2 is 2.22 bits per heavy atom. The Kier molecular flexibility index (Phi) is 4.07. The average molecular weight is 338 g/mol. The van der Waals surface area contributed by atoms with Crippen molar-refractivity contribution in [2.75, 3.05) is 0 Å². The van der Waals surface area contributed by atoms with Crippen molar-refractivity contribution in [1.29, 1.82) is 0 Å². The molecule has 1 aliphatic rings. The molecule has 0 spiro atoms. The fourth-order valence-electron chi connectivity index (χ4n) is 2.30. The van der Waals surface area contributed by atoms with Crippen LogP contribution in [-0.2, 0) is 0 Å². The molecule has 98 valence electrons. The minimum atomic E-state index is -2.60. The van der Waals surface area contributed by atoms with Gasteiger partial charge in [-0.25, -0.2) is 8.78 Å². The van der Waals surface area contributed by atoms with E-state index in [2.05, 4.69) is 15.9 Å². The third kappa shape index (κ3) is 3.29. The molecule has 1 fully saturated rings. The van der Waals surface area contributed by atoms with Gasteiger partial charge in [0, 0.05) is 29.3 Å². The van der Waals surface area contributed by atoms with Crippen molar-refractivity contribution in [3.05, 3.63) is 33.3 Å². The summed E-state index contributed by atoms with van der Waals surface area (Å²) in [6.45, 7) is 0. The third-order valence-corrected chi connectivity index (χ3v) is 4.02. The van der Waals surface area contributed by atoms with Crippen LogP contribution in [0.5, 0.6) is 0 Å². The van der Waals surface area contributed by atoms with Crippen LogP contribution in [0.3, 0.4) is 0 Å². The normalized spacial score (nSPS) is 22.1. The van der Waals surface area contributed by atoms with Gasteiger partial charge < -0.3 is 0 Å². The number of halogens is 4. The Hall–Kier alpha value is -0.480. The lowest BCUT2D eigenvalue weighted by Gasteiger charge is -2.10. The molecule has 1 aliphatic carbocycles. The number of benzene rings is 1. The van der Waals surface area contributed by atoms with Gasteiger partial charge in [0.25, 0.3) is 0 Å². The second-order valence-corrected chi connectivity index (χ2v) is 6.04. The second-order valence-electron chi connectivity index (χ2n) is 4.72. The first kappa shape index (κ1) is 13.9. The number of rotatable bonds is 3. The SMILES string of the molecule is O=C(CC1CCC(F)(F)C1)c1ccc(Br)cc1Cl. The van der Waals surface area contributed by atoms with Crippen molar-refractivity contribution < 1.29 is 13.6 Å². The molecule has 18 heavy (non-hydrogen) atoms. The molecule has 1 unspecified atom stereocenters. The molecule has 0 bridgehead atoms. The lowest BCUT2D eigenvalue weighted by atomic mass is 9.97. The molecule has 1 aromatic carbocycles. The Balaban J connectivity index is 2.04. The summed E-state index contributed by atoms with van der Waals surface area (Å²) in [5.41, 5.74) is 0.412. The molecule has 1 atom stereocenters. The quantitative estimate of drug-likeness (QED) is 0.700. The average Bonchev–Trinajstić information content (AvgIpc) is 2.57. The largest absolute Gasteiger partial charge is 0.294 e. The number of alkyl halides is 2. The highest BCUT2D eigenvalue weighted by molar-refractivity contribution is 9.10. The molecular formula is C13H12BrClF2O. The summed E-state index contributed by atoms with van der Waals surface area (Å²) in [6, 6.07) is 4.99. The molecule has 5 heteroatoms. The van der Waals surface area contributed by atoms with Crippen LogP contribution in [0.25, 0.3) is 0 Å². The first-order valence-electron chi connectivity index (χ1n) is 5.73. The molecule has 0 N–H and O–H groups in total. The highest BCUT2D eigenvalue weighted by Gasteiger charge is 2.40. The number of hydrogen-bond acceptors (Lipinski definition) is 1. The number of hydrogen-bond donors (Lipinski definition) is 0. The van der Waals surface area contributed by atoms with Crippen LogP contribution >= 0.6 is 27.5 Å². The fourth-order valence-corrected chi connectivity index (χ4v) is 3.08. The number of Topliss-reactive ketones (excluding diaryl/α,β-unsaturated/α-hetero) is 1. The number of carbonyl (C=O) groups is 1. The van der Waals surface area contributed by atoms with Gasteiger partial charge in [-0.2, -0.15) is 0 Å². The van der Waals surface area contributed by atoms with Gasteiger partial charge in [-0.15, -0.1) is 0 Å². The molecule has 0 amide bonds. The summed E-state index contributed by atoms with van der Waals surface area (Å²) in [6.07, 6.45) is 0.260. The molecule has 0 saturated heterocycles. The van der Waals surface area contributed by atoms with E-state index in [4.69, 9.17) is 11.6 Å². The summed E-state index contributed by atoms with van der Waals surface area (Å²) in [4.78, 5) is 12.0. The molecule has 1 saturated carbocycles. The molecule has 0 radical (unpaired) electrons. The second kappa shape index (κ2) is 5.25. The molecular weight excluding hydrogens is 325 g/mol. The minimum Gasteiger partial charge on any atom is -0.294 e. The van der Waals surface area contributed by atoms with Gasteiger partial charge in [-0.05, 0) is 30.5 Å². The van der Waals surface area contributed by atoms with Gasteiger partial charge in [-0.3, -0.25) is 4.79 Å². The summed E-state index contributed by atoms with van der Waals surface area (Å²) >= 11 is 9.22. The maximum absolute atomic E-state index is 13.0. The van der Waals surface area contributed by atoms with E-state index in [1.165, 1.54) is 0 Å². The van der Waals surface area contributed by atoms with E-state index in [1.54, 1.807) is 18.2 Å². The maximum Gasteiger partial charge on any atom is 0.248 e. The van der Waals surface area contributed by atoms with E-state index in [9.17, 15) is 13.6 Å². The number of ketones is 1. The lowest BCUT2D eigenvalue weighted by molar-refractivity contribution is 0.00497. The Labute approximate surface area is 118 Å². The Morgan fingerprint density at radius 1 is 1.50 bits per heavy atom. The smallest absolute Gasteiger partial charge is 0.248 e. The van der Waals surface area contributed by atoms with E-state index in [1.807, 2.05) is 0 Å². The van der Waals surface area contributed by atoms with Crippen molar-refractivity contribution in [1.82, 2.24) is 0 Å². The topological polar surface area (TPSA) is 17.1 Å². The van der Waals surface area contributed by atoms with Crippen molar-refractivity contribution in [3.8, 4) is 0 Å². The summed E-state index contributed by atoms with van der Waals surface area (Å²) in [7, 11) is 0. The molecule has 0 aromatic heterocycles. The molecule has 1 nitrogen and oxygen atoms in total. The minimum absolute atomic E-state index is 0.112. The van der Waals surface area contributed by atoms with E-state index in [0.29, 0.717) is 17.0 Å². The molecule has 1 aromatic rings. The summed E-state index contributed by atoms with van der Waals surface area (Å²) < 4.78 is 26.9. The van der Waals surface area contributed by atoms with Crippen molar-refractivity contribution in [2.45, 2.75) is 31.6 Å². The van der Waals surface area contributed by atoms with E-state index < -0.39 is 5.92 Å². The van der Waals surface area contributed by atoms with Crippen LogP contribution in [0.1, 0.15) is 36.0 Å². The molecule has 0 heterocycles. The van der Waals surface area contributed by atoms with Crippen molar-refractivity contribution in [2.24, 2.45) is 5.92 Å². The Bertz CT molecular complexity index is 476. The van der Waals surface area contributed by atoms with Crippen LogP contribution < -0.4 is 0 Å². The van der Waals surface area contributed by atoms with Gasteiger partial charge in [0.2, 0.25) is 5.92 Å². The Morgan fingerprint density at radius 3 is 2.78 bits per heavy atom. The monoisotopic (exact) mass is 336 g/mol. The van der Waals surface area contributed by atoms with Crippen LogP contribution in [0.2, 0.25) is 5.02 Å². The highest BCUT2D eigenvalue weighted by atomic mass is 79.9. The van der Waals surface area contributed by atoms with Crippen LogP contribution in [0.4, 0.5) is 8.78 Å². The zero-order valence-corrected chi connectivity index (χ0v) is 11.9. The predicted molar refractivity (Wildman–Crippen MR) is 70.4 cm³/mol. The lowest BCUT2D eigenvalue weighted by Crippen LogP contribution is -2.12. The van der Waals surface area contributed by atoms with E-state index in [0.717, 1.165) is 4.47 Å². The summed E-state index contributed by atoms with van der Waals surface area (Å²) in [5, 5.41) is 0.360. The van der Waals surface area contributed by atoms with E-state index in [-0.39, 0.29) is 31.0 Å². The zero-order valence-electron chi connectivity index (χ0n) is 9.56. The molecule has 2 rings (SSSR count). The maximum atomic E-state index is 13.0. The van der Waals surface area contributed by atoms with Gasteiger partial charge in [0.1, 0.15) is 0 Å². The molecule has 0 aliphatic heterocycles. The van der Waals surface area contributed by atoms with E-state index >= 15 is 0 Å². The van der Waals surface area contributed by atoms with Gasteiger partial charge in [0.05, 0.1) is 5.02 Å². The summed E-state index contributed by atoms with van der Waals surface area (Å²) in [5.74, 6) is -2.99. The van der Waals surface area contributed by atoms with Gasteiger partial charge in [-0.1, -0.05) is 27.5 Å². The van der Waals surface area contributed by atoms with Crippen molar-refractivity contribution in [3.63, 3.8) is 0 Å². The van der Waals surface area contributed by atoms with Crippen molar-refractivity contribution >= 4 is 33.3 Å². The first-order chi connectivity index (χ1) is 8.37. The zero-order chi connectivity index (χ0) is 13.3. The standard InChI is InChI=1S/C13H12BrClF2O/c14-9-1-2-10(11(15)6-9)12(18)5-8-3-4-13(16,17)7-8/h1-2,6,8H,3-5,7H2. The van der Waals surface area contributed by atoms with Gasteiger partial charge in [0.15, 0.2) is 5.78 Å².